The van der Waals surface area contributed by atoms with Crippen molar-refractivity contribution in [3.8, 4) is 0 Å². The first-order valence-electron chi connectivity index (χ1n) is 4.09. The number of hydrogen-bond donors (Lipinski definition) is 1. The van der Waals surface area contributed by atoms with Crippen LogP contribution in [0.4, 0.5) is 0 Å². The van der Waals surface area contributed by atoms with Crippen LogP contribution in [0, 0.1) is 0 Å². The van der Waals surface area contributed by atoms with Gasteiger partial charge >= 0.3 is 0 Å². The van der Waals surface area contributed by atoms with Gasteiger partial charge in [0, 0.05) is 0 Å². The molecule has 4 nitrogen and oxygen atoms in total. The summed E-state index contributed by atoms with van der Waals surface area (Å²) in [6, 6.07) is 0. The highest BCUT2D eigenvalue weighted by Crippen LogP contribution is 1.92. The van der Waals surface area contributed by atoms with Crippen LogP contribution >= 0.6 is 0 Å². The Bertz CT molecular complexity index is 201. The first kappa shape index (κ1) is 11.9. The van der Waals surface area contributed by atoms with E-state index in [4.69, 9.17) is 4.55 Å². The molecule has 1 N–H and O–H groups in total. The van der Waals surface area contributed by atoms with Crippen LogP contribution in [0.25, 0.3) is 0 Å². The average molecular weight is 195 g/mol. The highest BCUT2D eigenvalue weighted by atomic mass is 32.2. The van der Waals surface area contributed by atoms with E-state index in [-0.39, 0.29) is 5.75 Å². The standard InChI is InChI=1S/C7H17NO3S/c1-3-5-8(2)6-4-7-12(9,10)11/h3-7H2,1-2H3,(H,9,10,11). The Morgan fingerprint density at radius 1 is 1.33 bits per heavy atom. The van der Waals surface area contributed by atoms with Crippen molar-refractivity contribution in [3.05, 3.63) is 0 Å². The van der Waals surface area contributed by atoms with E-state index in [1.54, 1.807) is 0 Å². The summed E-state index contributed by atoms with van der Waals surface area (Å²) in [6.45, 7) is 3.75. The third-order valence-electron chi connectivity index (χ3n) is 1.55. The summed E-state index contributed by atoms with van der Waals surface area (Å²) < 4.78 is 29.0. The summed E-state index contributed by atoms with van der Waals surface area (Å²) in [7, 11) is -1.82. The van der Waals surface area contributed by atoms with Crippen LogP contribution in [0.3, 0.4) is 0 Å². The van der Waals surface area contributed by atoms with Crippen molar-refractivity contribution in [1.82, 2.24) is 4.90 Å². The Morgan fingerprint density at radius 3 is 2.33 bits per heavy atom. The summed E-state index contributed by atoms with van der Waals surface area (Å²) in [5, 5.41) is 0. The van der Waals surface area contributed by atoms with Gasteiger partial charge in [0.1, 0.15) is 0 Å². The maximum Gasteiger partial charge on any atom is 0.264 e. The fraction of sp³-hybridized carbons (Fsp3) is 1.00. The van der Waals surface area contributed by atoms with Gasteiger partial charge in [-0.2, -0.15) is 8.42 Å². The lowest BCUT2D eigenvalue weighted by Crippen LogP contribution is -2.22. The van der Waals surface area contributed by atoms with Crippen molar-refractivity contribution in [3.63, 3.8) is 0 Å². The second kappa shape index (κ2) is 5.50. The molecule has 0 aromatic heterocycles. The molecule has 0 saturated carbocycles. The summed E-state index contributed by atoms with van der Waals surface area (Å²) in [6.07, 6.45) is 1.55. The third kappa shape index (κ3) is 7.97. The second-order valence-corrected chi connectivity index (χ2v) is 4.51. The topological polar surface area (TPSA) is 57.6 Å². The molecule has 0 fully saturated rings. The summed E-state index contributed by atoms with van der Waals surface area (Å²) in [4.78, 5) is 2.05. The largest absolute Gasteiger partial charge is 0.306 e. The van der Waals surface area contributed by atoms with Crippen molar-refractivity contribution in [2.45, 2.75) is 19.8 Å². The first-order chi connectivity index (χ1) is 5.45. The van der Waals surface area contributed by atoms with E-state index >= 15 is 0 Å². The molecule has 0 aromatic rings. The van der Waals surface area contributed by atoms with Crippen molar-refractivity contribution in [2.24, 2.45) is 0 Å². The third-order valence-corrected chi connectivity index (χ3v) is 2.35. The molecule has 0 spiro atoms. The minimum atomic E-state index is -3.76. The van der Waals surface area contributed by atoms with Gasteiger partial charge in [-0.05, 0) is 33.0 Å². The van der Waals surface area contributed by atoms with Gasteiger partial charge in [-0.1, -0.05) is 6.92 Å². The number of nitrogens with zero attached hydrogens (tertiary/aromatic N) is 1. The predicted molar refractivity (Wildman–Crippen MR) is 48.8 cm³/mol. The van der Waals surface area contributed by atoms with E-state index in [9.17, 15) is 8.42 Å². The Morgan fingerprint density at radius 2 is 1.92 bits per heavy atom. The van der Waals surface area contributed by atoms with Crippen LogP contribution in [0.1, 0.15) is 19.8 Å². The zero-order valence-electron chi connectivity index (χ0n) is 7.65. The van der Waals surface area contributed by atoms with Crippen LogP contribution in [0.2, 0.25) is 0 Å². The van der Waals surface area contributed by atoms with Gasteiger partial charge in [-0.15, -0.1) is 0 Å². The first-order valence-corrected chi connectivity index (χ1v) is 5.70. The van der Waals surface area contributed by atoms with Gasteiger partial charge in [0.25, 0.3) is 10.1 Å². The molecule has 0 bridgehead atoms. The summed E-state index contributed by atoms with van der Waals surface area (Å²) in [5.74, 6) is -0.138. The molecule has 0 aromatic carbocycles. The Labute approximate surface area is 74.3 Å². The van der Waals surface area contributed by atoms with Crippen molar-refractivity contribution < 1.29 is 13.0 Å². The molecule has 5 heteroatoms. The lowest BCUT2D eigenvalue weighted by molar-refractivity contribution is 0.334. The SMILES string of the molecule is CCCN(C)CCCS(=O)(=O)O. The molecule has 0 amide bonds. The maximum atomic E-state index is 10.3. The smallest absolute Gasteiger partial charge is 0.264 e. The van der Waals surface area contributed by atoms with Gasteiger partial charge in [0.2, 0.25) is 0 Å². The minimum Gasteiger partial charge on any atom is -0.306 e. The van der Waals surface area contributed by atoms with Crippen LogP contribution in [-0.4, -0.2) is 43.8 Å². The Hall–Kier alpha value is -0.130. The molecule has 0 atom stereocenters. The molecule has 12 heavy (non-hydrogen) atoms. The zero-order valence-corrected chi connectivity index (χ0v) is 8.47. The van der Waals surface area contributed by atoms with E-state index in [0.29, 0.717) is 13.0 Å². The highest BCUT2D eigenvalue weighted by molar-refractivity contribution is 7.85. The molecular formula is C7H17NO3S. The van der Waals surface area contributed by atoms with E-state index in [1.807, 2.05) is 11.9 Å². The summed E-state index contributed by atoms with van der Waals surface area (Å²) >= 11 is 0. The molecular weight excluding hydrogens is 178 g/mol. The zero-order chi connectivity index (χ0) is 9.61. The molecule has 0 unspecified atom stereocenters. The van der Waals surface area contributed by atoms with Gasteiger partial charge in [0.15, 0.2) is 0 Å². The Kier molecular flexibility index (Phi) is 5.44. The fourth-order valence-corrected chi connectivity index (χ4v) is 1.50. The normalized spacial score (nSPS) is 12.3. The molecule has 0 saturated heterocycles. The molecule has 0 aliphatic heterocycles. The molecule has 0 rings (SSSR count). The molecule has 0 heterocycles. The highest BCUT2D eigenvalue weighted by Gasteiger charge is 2.04. The second-order valence-electron chi connectivity index (χ2n) is 2.94. The van der Waals surface area contributed by atoms with Crippen LogP contribution in [-0.2, 0) is 10.1 Å². The molecule has 0 aliphatic rings. The van der Waals surface area contributed by atoms with E-state index < -0.39 is 10.1 Å². The van der Waals surface area contributed by atoms with Crippen molar-refractivity contribution in [2.75, 3.05) is 25.9 Å². The van der Waals surface area contributed by atoms with Crippen LogP contribution < -0.4 is 0 Å². The van der Waals surface area contributed by atoms with Crippen LogP contribution in [0.15, 0.2) is 0 Å². The fourth-order valence-electron chi connectivity index (χ4n) is 1.01. The summed E-state index contributed by atoms with van der Waals surface area (Å²) in [5.41, 5.74) is 0. The van der Waals surface area contributed by atoms with E-state index in [1.165, 1.54) is 0 Å². The number of rotatable bonds is 6. The van der Waals surface area contributed by atoms with Crippen molar-refractivity contribution >= 4 is 10.1 Å². The van der Waals surface area contributed by atoms with Gasteiger partial charge in [-0.25, -0.2) is 0 Å². The average Bonchev–Trinajstić information content (AvgIpc) is 1.84. The van der Waals surface area contributed by atoms with Gasteiger partial charge in [0.05, 0.1) is 5.75 Å². The monoisotopic (exact) mass is 195 g/mol. The van der Waals surface area contributed by atoms with Crippen molar-refractivity contribution in [1.29, 1.82) is 0 Å². The van der Waals surface area contributed by atoms with E-state index in [0.717, 1.165) is 13.0 Å². The molecule has 0 aliphatic carbocycles. The lowest BCUT2D eigenvalue weighted by Gasteiger charge is -2.13. The van der Waals surface area contributed by atoms with Gasteiger partial charge in [-0.3, -0.25) is 4.55 Å². The maximum absolute atomic E-state index is 10.3. The molecule has 74 valence electrons. The van der Waals surface area contributed by atoms with Crippen LogP contribution in [0.5, 0.6) is 0 Å². The number of hydrogen-bond acceptors (Lipinski definition) is 3. The predicted octanol–water partition coefficient (Wildman–Crippen LogP) is 0.606. The quantitative estimate of drug-likeness (QED) is 0.631. The Balaban J connectivity index is 3.44. The molecule has 0 radical (unpaired) electrons. The van der Waals surface area contributed by atoms with Gasteiger partial charge < -0.3 is 4.90 Å². The van der Waals surface area contributed by atoms with E-state index in [2.05, 4.69) is 6.92 Å². The lowest BCUT2D eigenvalue weighted by atomic mass is 10.4. The minimum absolute atomic E-state index is 0.138.